The summed E-state index contributed by atoms with van der Waals surface area (Å²) in [6.07, 6.45) is 1.85. The molecule has 0 bridgehead atoms. The van der Waals surface area contributed by atoms with Crippen molar-refractivity contribution in [2.24, 2.45) is 5.73 Å². The standard InChI is InChI=1S/C12H16N2O2/c13-10-4-5-14-11(7-10)8-2-1-3-9(6-8)12(15)16/h1-3,6,10-11,14H,4-5,7,13H2,(H,15,16). The van der Waals surface area contributed by atoms with Crippen LogP contribution in [0.4, 0.5) is 0 Å². The molecular weight excluding hydrogens is 204 g/mol. The van der Waals surface area contributed by atoms with Crippen LogP contribution >= 0.6 is 0 Å². The minimum absolute atomic E-state index is 0.183. The van der Waals surface area contributed by atoms with Gasteiger partial charge >= 0.3 is 5.97 Å². The van der Waals surface area contributed by atoms with E-state index in [9.17, 15) is 4.79 Å². The summed E-state index contributed by atoms with van der Waals surface area (Å²) in [5.41, 5.74) is 7.25. The molecule has 2 atom stereocenters. The maximum absolute atomic E-state index is 10.9. The minimum atomic E-state index is -0.887. The number of nitrogens with two attached hydrogens (primary N) is 1. The Hall–Kier alpha value is -1.39. The Bertz CT molecular complexity index is 392. The summed E-state index contributed by atoms with van der Waals surface area (Å²) in [6, 6.07) is 7.44. The van der Waals surface area contributed by atoms with E-state index in [0.29, 0.717) is 5.56 Å². The third-order valence-corrected chi connectivity index (χ3v) is 2.98. The third kappa shape index (κ3) is 2.40. The van der Waals surface area contributed by atoms with E-state index in [-0.39, 0.29) is 12.1 Å². The molecular formula is C12H16N2O2. The highest BCUT2D eigenvalue weighted by Gasteiger charge is 2.20. The highest BCUT2D eigenvalue weighted by molar-refractivity contribution is 5.87. The molecule has 1 aromatic rings. The second-order valence-electron chi connectivity index (χ2n) is 4.22. The summed E-state index contributed by atoms with van der Waals surface area (Å²) in [5.74, 6) is -0.887. The third-order valence-electron chi connectivity index (χ3n) is 2.98. The molecule has 0 aromatic heterocycles. The van der Waals surface area contributed by atoms with Gasteiger partial charge in [0.05, 0.1) is 5.56 Å². The summed E-state index contributed by atoms with van der Waals surface area (Å²) in [7, 11) is 0. The molecule has 2 unspecified atom stereocenters. The van der Waals surface area contributed by atoms with Crippen molar-refractivity contribution in [1.29, 1.82) is 0 Å². The number of hydrogen-bond donors (Lipinski definition) is 3. The van der Waals surface area contributed by atoms with Crippen LogP contribution in [0.15, 0.2) is 24.3 Å². The predicted octanol–water partition coefficient (Wildman–Crippen LogP) is 1.14. The lowest BCUT2D eigenvalue weighted by Gasteiger charge is -2.28. The summed E-state index contributed by atoms with van der Waals surface area (Å²) in [6.45, 7) is 0.892. The molecule has 86 valence electrons. The Kier molecular flexibility index (Phi) is 3.22. The van der Waals surface area contributed by atoms with Crippen molar-refractivity contribution < 1.29 is 9.90 Å². The number of carboxylic acids is 1. The zero-order valence-corrected chi connectivity index (χ0v) is 9.02. The second-order valence-corrected chi connectivity index (χ2v) is 4.22. The number of nitrogens with one attached hydrogen (secondary N) is 1. The Balaban J connectivity index is 2.19. The van der Waals surface area contributed by atoms with E-state index in [0.717, 1.165) is 24.9 Å². The average molecular weight is 220 g/mol. The van der Waals surface area contributed by atoms with Crippen LogP contribution in [0.5, 0.6) is 0 Å². The molecule has 1 aliphatic rings. The number of hydrogen-bond acceptors (Lipinski definition) is 3. The normalized spacial score (nSPS) is 25.3. The van der Waals surface area contributed by atoms with Gasteiger partial charge in [-0.1, -0.05) is 12.1 Å². The van der Waals surface area contributed by atoms with Crippen molar-refractivity contribution in [3.05, 3.63) is 35.4 Å². The van der Waals surface area contributed by atoms with E-state index >= 15 is 0 Å². The molecule has 4 nitrogen and oxygen atoms in total. The highest BCUT2D eigenvalue weighted by Crippen LogP contribution is 2.23. The quantitative estimate of drug-likeness (QED) is 0.698. The van der Waals surface area contributed by atoms with Gasteiger partial charge in [0.15, 0.2) is 0 Å². The van der Waals surface area contributed by atoms with Gasteiger partial charge in [-0.2, -0.15) is 0 Å². The fourth-order valence-electron chi connectivity index (χ4n) is 2.09. The lowest BCUT2D eigenvalue weighted by atomic mass is 9.93. The Morgan fingerprint density at radius 1 is 1.50 bits per heavy atom. The van der Waals surface area contributed by atoms with E-state index in [4.69, 9.17) is 10.8 Å². The van der Waals surface area contributed by atoms with Crippen LogP contribution in [-0.4, -0.2) is 23.7 Å². The molecule has 4 N–H and O–H groups in total. The maximum atomic E-state index is 10.9. The fourth-order valence-corrected chi connectivity index (χ4v) is 2.09. The summed E-state index contributed by atoms with van der Waals surface area (Å²) in [4.78, 5) is 10.9. The fraction of sp³-hybridized carbons (Fsp3) is 0.417. The smallest absolute Gasteiger partial charge is 0.335 e. The van der Waals surface area contributed by atoms with E-state index in [1.165, 1.54) is 0 Å². The first kappa shape index (κ1) is 11.1. The zero-order chi connectivity index (χ0) is 11.5. The van der Waals surface area contributed by atoms with Crippen molar-refractivity contribution in [1.82, 2.24) is 5.32 Å². The first-order chi connectivity index (χ1) is 7.66. The molecule has 0 aliphatic carbocycles. The summed E-state index contributed by atoms with van der Waals surface area (Å²) < 4.78 is 0. The molecule has 16 heavy (non-hydrogen) atoms. The Morgan fingerprint density at radius 2 is 2.31 bits per heavy atom. The number of benzene rings is 1. The lowest BCUT2D eigenvalue weighted by molar-refractivity contribution is 0.0696. The number of carboxylic acid groups (broad SMARTS) is 1. The topological polar surface area (TPSA) is 75.3 Å². The maximum Gasteiger partial charge on any atom is 0.335 e. The molecule has 1 aromatic carbocycles. The molecule has 1 fully saturated rings. The molecule has 0 amide bonds. The van der Waals surface area contributed by atoms with Crippen molar-refractivity contribution in [3.8, 4) is 0 Å². The van der Waals surface area contributed by atoms with Crippen LogP contribution < -0.4 is 11.1 Å². The van der Waals surface area contributed by atoms with Crippen LogP contribution in [0.3, 0.4) is 0 Å². The van der Waals surface area contributed by atoms with Crippen molar-refractivity contribution in [3.63, 3.8) is 0 Å². The summed E-state index contributed by atoms with van der Waals surface area (Å²) in [5, 5.41) is 12.3. The van der Waals surface area contributed by atoms with Gasteiger partial charge in [0, 0.05) is 12.1 Å². The monoisotopic (exact) mass is 220 g/mol. The summed E-state index contributed by atoms with van der Waals surface area (Å²) >= 11 is 0. The second kappa shape index (κ2) is 4.63. The van der Waals surface area contributed by atoms with Gasteiger partial charge in [-0.25, -0.2) is 4.79 Å². The van der Waals surface area contributed by atoms with Crippen LogP contribution in [0, 0.1) is 0 Å². The highest BCUT2D eigenvalue weighted by atomic mass is 16.4. The Labute approximate surface area is 94.5 Å². The molecule has 1 aliphatic heterocycles. The molecule has 2 rings (SSSR count). The van der Waals surface area contributed by atoms with E-state index in [1.807, 2.05) is 6.07 Å². The van der Waals surface area contributed by atoms with Gasteiger partial charge in [0.1, 0.15) is 0 Å². The van der Waals surface area contributed by atoms with Gasteiger partial charge in [-0.05, 0) is 37.1 Å². The minimum Gasteiger partial charge on any atom is -0.478 e. The lowest BCUT2D eigenvalue weighted by Crippen LogP contribution is -2.38. The first-order valence-electron chi connectivity index (χ1n) is 5.49. The number of aromatic carboxylic acids is 1. The average Bonchev–Trinajstić information content (AvgIpc) is 2.29. The van der Waals surface area contributed by atoms with Gasteiger partial charge in [-0.3, -0.25) is 0 Å². The van der Waals surface area contributed by atoms with E-state index < -0.39 is 5.97 Å². The number of piperidine rings is 1. The van der Waals surface area contributed by atoms with Crippen LogP contribution in [0.2, 0.25) is 0 Å². The van der Waals surface area contributed by atoms with Crippen molar-refractivity contribution in [2.45, 2.75) is 24.9 Å². The zero-order valence-electron chi connectivity index (χ0n) is 9.02. The number of carbonyl (C=O) groups is 1. The molecule has 0 radical (unpaired) electrons. The van der Waals surface area contributed by atoms with Crippen molar-refractivity contribution >= 4 is 5.97 Å². The first-order valence-corrected chi connectivity index (χ1v) is 5.49. The van der Waals surface area contributed by atoms with Gasteiger partial charge in [0.25, 0.3) is 0 Å². The van der Waals surface area contributed by atoms with Crippen molar-refractivity contribution in [2.75, 3.05) is 6.54 Å². The number of rotatable bonds is 2. The van der Waals surface area contributed by atoms with E-state index in [1.54, 1.807) is 18.2 Å². The van der Waals surface area contributed by atoms with Crippen LogP contribution in [-0.2, 0) is 0 Å². The van der Waals surface area contributed by atoms with Gasteiger partial charge in [-0.15, -0.1) is 0 Å². The van der Waals surface area contributed by atoms with Crippen LogP contribution in [0.25, 0.3) is 0 Å². The molecule has 1 saturated heterocycles. The molecule has 1 heterocycles. The van der Waals surface area contributed by atoms with Crippen LogP contribution in [0.1, 0.15) is 34.8 Å². The Morgan fingerprint density at radius 3 is 3.00 bits per heavy atom. The SMILES string of the molecule is NC1CCNC(c2cccc(C(=O)O)c2)C1. The van der Waals surface area contributed by atoms with Gasteiger partial charge in [0.2, 0.25) is 0 Å². The predicted molar refractivity (Wildman–Crippen MR) is 61.4 cm³/mol. The molecule has 0 spiro atoms. The van der Waals surface area contributed by atoms with Gasteiger partial charge < -0.3 is 16.2 Å². The molecule has 4 heteroatoms. The van der Waals surface area contributed by atoms with E-state index in [2.05, 4.69) is 5.32 Å². The molecule has 0 saturated carbocycles. The largest absolute Gasteiger partial charge is 0.478 e.